The molecule has 0 fully saturated rings. The van der Waals surface area contributed by atoms with Crippen LogP contribution in [0.15, 0.2) is 17.6 Å². The van der Waals surface area contributed by atoms with E-state index in [1.807, 2.05) is 12.3 Å². The van der Waals surface area contributed by atoms with Gasteiger partial charge in [-0.2, -0.15) is 0 Å². The fraction of sp³-hybridized carbons (Fsp3) is 0.333. The van der Waals surface area contributed by atoms with Crippen LogP contribution in [0.2, 0.25) is 0 Å². The number of hydrogen-bond donors (Lipinski definition) is 2. The van der Waals surface area contributed by atoms with Crippen LogP contribution in [0.1, 0.15) is 26.8 Å². The Labute approximate surface area is 109 Å². The van der Waals surface area contributed by atoms with Crippen LogP contribution in [0, 0.1) is 6.92 Å². The molecule has 0 aliphatic heterocycles. The second kappa shape index (κ2) is 5.79. The number of ether oxygens (including phenoxy) is 1. The summed E-state index contributed by atoms with van der Waals surface area (Å²) in [6.45, 7) is 3.24. The van der Waals surface area contributed by atoms with Crippen molar-refractivity contribution in [2.75, 3.05) is 7.11 Å². The number of methoxy groups -OCH3 is 1. The third-order valence-electron chi connectivity index (χ3n) is 2.51. The summed E-state index contributed by atoms with van der Waals surface area (Å²) < 4.78 is 4.71. The van der Waals surface area contributed by atoms with Gasteiger partial charge in [-0.15, -0.1) is 11.3 Å². The predicted molar refractivity (Wildman–Crippen MR) is 69.5 cm³/mol. The molecule has 0 unspecified atom stereocenters. The molecule has 2 rings (SSSR count). The van der Waals surface area contributed by atoms with Crippen LogP contribution in [0.4, 0.5) is 0 Å². The molecule has 0 aliphatic carbocycles. The number of esters is 1. The number of hydrogen-bond acceptors (Lipinski definition) is 5. The molecule has 0 amide bonds. The lowest BCUT2D eigenvalue weighted by molar-refractivity contribution is 0.0599. The molecule has 2 heterocycles. The summed E-state index contributed by atoms with van der Waals surface area (Å²) >= 11 is 1.63. The maximum Gasteiger partial charge on any atom is 0.339 e. The Kier molecular flexibility index (Phi) is 4.11. The van der Waals surface area contributed by atoms with Crippen molar-refractivity contribution in [1.29, 1.82) is 0 Å². The molecule has 0 aromatic carbocycles. The van der Waals surface area contributed by atoms with Gasteiger partial charge in [0.1, 0.15) is 0 Å². The fourth-order valence-electron chi connectivity index (χ4n) is 1.66. The normalized spacial score (nSPS) is 10.6. The Morgan fingerprint density at radius 2 is 2.39 bits per heavy atom. The van der Waals surface area contributed by atoms with Crippen LogP contribution in [0.5, 0.6) is 0 Å². The van der Waals surface area contributed by atoms with Crippen LogP contribution in [-0.4, -0.2) is 23.0 Å². The van der Waals surface area contributed by atoms with Gasteiger partial charge in [-0.25, -0.2) is 9.78 Å². The predicted octanol–water partition coefficient (Wildman–Crippen LogP) is 1.86. The van der Waals surface area contributed by atoms with Gasteiger partial charge >= 0.3 is 5.97 Å². The van der Waals surface area contributed by atoms with Gasteiger partial charge in [-0.3, -0.25) is 0 Å². The number of carbonyl (C=O) groups excluding carboxylic acids is 1. The van der Waals surface area contributed by atoms with Crippen molar-refractivity contribution in [2.45, 2.75) is 20.0 Å². The molecule has 0 aliphatic rings. The largest absolute Gasteiger partial charge is 0.465 e. The summed E-state index contributed by atoms with van der Waals surface area (Å²) in [4.78, 5) is 18.8. The molecule has 0 saturated carbocycles. The summed E-state index contributed by atoms with van der Waals surface area (Å²) in [6.07, 6.45) is 1.73. The lowest BCUT2D eigenvalue weighted by Gasteiger charge is -2.04. The van der Waals surface area contributed by atoms with Gasteiger partial charge in [0, 0.05) is 30.4 Å². The van der Waals surface area contributed by atoms with E-state index in [-0.39, 0.29) is 5.97 Å². The van der Waals surface area contributed by atoms with Crippen molar-refractivity contribution in [3.8, 4) is 0 Å². The zero-order valence-electron chi connectivity index (χ0n) is 10.3. The molecule has 5 nitrogen and oxygen atoms in total. The number of aryl methyl sites for hydroxylation is 1. The van der Waals surface area contributed by atoms with Gasteiger partial charge in [-0.05, 0) is 13.0 Å². The molecule has 0 radical (unpaired) electrons. The highest BCUT2D eigenvalue weighted by molar-refractivity contribution is 7.09. The van der Waals surface area contributed by atoms with Gasteiger partial charge in [0.2, 0.25) is 0 Å². The van der Waals surface area contributed by atoms with Crippen LogP contribution >= 0.6 is 11.3 Å². The smallest absolute Gasteiger partial charge is 0.339 e. The third kappa shape index (κ3) is 2.96. The third-order valence-corrected chi connectivity index (χ3v) is 3.33. The molecule has 0 bridgehead atoms. The van der Waals surface area contributed by atoms with Gasteiger partial charge in [0.05, 0.1) is 23.4 Å². The van der Waals surface area contributed by atoms with E-state index in [1.54, 1.807) is 23.6 Å². The number of nitrogens with zero attached hydrogens (tertiary/aromatic N) is 1. The van der Waals surface area contributed by atoms with Gasteiger partial charge in [-0.1, -0.05) is 0 Å². The highest BCUT2D eigenvalue weighted by Gasteiger charge is 2.12. The quantitative estimate of drug-likeness (QED) is 0.810. The van der Waals surface area contributed by atoms with Crippen molar-refractivity contribution in [3.63, 3.8) is 0 Å². The molecule has 2 aromatic rings. The van der Waals surface area contributed by atoms with Crippen molar-refractivity contribution in [2.24, 2.45) is 0 Å². The average Bonchev–Trinajstić information content (AvgIpc) is 2.98. The zero-order valence-corrected chi connectivity index (χ0v) is 11.1. The van der Waals surface area contributed by atoms with Crippen molar-refractivity contribution < 1.29 is 9.53 Å². The van der Waals surface area contributed by atoms with Crippen molar-refractivity contribution >= 4 is 17.3 Å². The number of carbonyl (C=O) groups is 1. The Hall–Kier alpha value is -1.66. The minimum absolute atomic E-state index is 0.322. The van der Waals surface area contributed by atoms with E-state index < -0.39 is 0 Å². The first-order chi connectivity index (χ1) is 8.70. The maximum absolute atomic E-state index is 11.5. The molecule has 2 aromatic heterocycles. The Bertz CT molecular complexity index is 533. The summed E-state index contributed by atoms with van der Waals surface area (Å²) in [5.74, 6) is -0.322. The monoisotopic (exact) mass is 265 g/mol. The fourth-order valence-corrected chi connectivity index (χ4v) is 2.27. The zero-order chi connectivity index (χ0) is 13.0. The maximum atomic E-state index is 11.5. The van der Waals surface area contributed by atoms with E-state index in [4.69, 9.17) is 4.74 Å². The number of nitrogens with one attached hydrogen (secondary N) is 2. The number of aromatic amines is 1. The minimum atomic E-state index is -0.322. The molecule has 18 heavy (non-hydrogen) atoms. The molecule has 0 saturated heterocycles. The van der Waals surface area contributed by atoms with Crippen LogP contribution < -0.4 is 5.32 Å². The minimum Gasteiger partial charge on any atom is -0.465 e. The first-order valence-corrected chi connectivity index (χ1v) is 6.45. The van der Waals surface area contributed by atoms with Gasteiger partial charge in [0.25, 0.3) is 0 Å². The molecule has 0 atom stereocenters. The standard InChI is InChI=1S/C12H15N3O2S/c1-8-15-9(7-18-8)5-13-6-11-10(3-4-14-11)12(16)17-2/h3-4,7,13-14H,5-6H2,1-2H3. The summed E-state index contributed by atoms with van der Waals surface area (Å²) in [5, 5.41) is 6.33. The highest BCUT2D eigenvalue weighted by Crippen LogP contribution is 2.10. The lowest BCUT2D eigenvalue weighted by atomic mass is 10.2. The topological polar surface area (TPSA) is 67.0 Å². The summed E-state index contributed by atoms with van der Waals surface area (Å²) in [5.41, 5.74) is 2.41. The van der Waals surface area contributed by atoms with Gasteiger partial charge < -0.3 is 15.0 Å². The second-order valence-corrected chi connectivity index (χ2v) is 4.89. The van der Waals surface area contributed by atoms with Crippen molar-refractivity contribution in [1.82, 2.24) is 15.3 Å². The first kappa shape index (κ1) is 12.8. The Morgan fingerprint density at radius 3 is 3.06 bits per heavy atom. The average molecular weight is 265 g/mol. The summed E-state index contributed by atoms with van der Waals surface area (Å²) in [6, 6.07) is 1.72. The molecule has 96 valence electrons. The number of H-pyrrole nitrogens is 1. The van der Waals surface area contributed by atoms with Crippen molar-refractivity contribution in [3.05, 3.63) is 39.6 Å². The van der Waals surface area contributed by atoms with Crippen LogP contribution in [-0.2, 0) is 17.8 Å². The molecule has 0 spiro atoms. The first-order valence-electron chi connectivity index (χ1n) is 5.57. The lowest BCUT2D eigenvalue weighted by Crippen LogP contribution is -2.15. The SMILES string of the molecule is COC(=O)c1cc[nH]c1CNCc1csc(C)n1. The van der Waals surface area contributed by atoms with E-state index in [1.165, 1.54) is 7.11 Å². The van der Waals surface area contributed by atoms with Gasteiger partial charge in [0.15, 0.2) is 0 Å². The number of aromatic nitrogens is 2. The molecular formula is C12H15N3O2S. The molecular weight excluding hydrogens is 250 g/mol. The molecule has 6 heteroatoms. The van der Waals surface area contributed by atoms with Crippen LogP contribution in [0.3, 0.4) is 0 Å². The summed E-state index contributed by atoms with van der Waals surface area (Å²) in [7, 11) is 1.38. The number of rotatable bonds is 5. The van der Waals surface area contributed by atoms with E-state index in [9.17, 15) is 4.79 Å². The van der Waals surface area contributed by atoms with E-state index in [0.717, 1.165) is 16.4 Å². The Balaban J connectivity index is 1.90. The molecule has 2 N–H and O–H groups in total. The highest BCUT2D eigenvalue weighted by atomic mass is 32.1. The second-order valence-electron chi connectivity index (χ2n) is 3.82. The van der Waals surface area contributed by atoms with E-state index >= 15 is 0 Å². The van der Waals surface area contributed by atoms with E-state index in [0.29, 0.717) is 18.7 Å². The Morgan fingerprint density at radius 1 is 1.56 bits per heavy atom. The van der Waals surface area contributed by atoms with E-state index in [2.05, 4.69) is 15.3 Å². The number of thiazole rings is 1. The van der Waals surface area contributed by atoms with Crippen LogP contribution in [0.25, 0.3) is 0 Å².